The number of halogens is 2. The molecule has 3 aromatic carbocycles. The van der Waals surface area contributed by atoms with Crippen LogP contribution in [0, 0.1) is 11.6 Å². The van der Waals surface area contributed by atoms with Crippen LogP contribution in [-0.2, 0) is 26.2 Å². The summed E-state index contributed by atoms with van der Waals surface area (Å²) in [5.74, 6) is -2.37. The molecule has 0 saturated carbocycles. The maximum absolute atomic E-state index is 14.9. The molecule has 0 aliphatic carbocycles. The van der Waals surface area contributed by atoms with E-state index in [0.29, 0.717) is 12.1 Å². The smallest absolute Gasteiger partial charge is 0.264 e. The van der Waals surface area contributed by atoms with Crippen LogP contribution in [0.15, 0.2) is 83.8 Å². The number of amides is 2. The predicted octanol–water partition coefficient (Wildman–Crippen LogP) is 4.88. The van der Waals surface area contributed by atoms with Crippen LogP contribution in [0.3, 0.4) is 0 Å². The summed E-state index contributed by atoms with van der Waals surface area (Å²) in [6.07, 6.45) is 1.87. The van der Waals surface area contributed by atoms with E-state index in [4.69, 9.17) is 0 Å². The van der Waals surface area contributed by atoms with Gasteiger partial charge in [0.1, 0.15) is 24.2 Å². The van der Waals surface area contributed by atoms with Gasteiger partial charge in [-0.15, -0.1) is 0 Å². The SMILES string of the molecule is CCCCNC(=O)C(CC)N(Cc1ccc(F)cc1)C(=O)CN(c1ccccc1F)S(=O)(=O)c1ccccc1. The number of carbonyl (C=O) groups is 2. The molecule has 1 N–H and O–H groups in total. The van der Waals surface area contributed by atoms with Gasteiger partial charge in [-0.05, 0) is 54.8 Å². The summed E-state index contributed by atoms with van der Waals surface area (Å²) in [5.41, 5.74) is 0.254. The molecule has 0 spiro atoms. The minimum absolute atomic E-state index is 0.0741. The second-order valence-electron chi connectivity index (χ2n) is 8.99. The fraction of sp³-hybridized carbons (Fsp3) is 0.310. The van der Waals surface area contributed by atoms with Crippen molar-refractivity contribution in [1.82, 2.24) is 10.2 Å². The molecule has 0 fully saturated rings. The Labute approximate surface area is 228 Å². The highest BCUT2D eigenvalue weighted by Gasteiger charge is 2.34. The van der Waals surface area contributed by atoms with E-state index in [1.165, 1.54) is 71.6 Å². The van der Waals surface area contributed by atoms with Crippen LogP contribution in [0.4, 0.5) is 14.5 Å². The maximum Gasteiger partial charge on any atom is 0.264 e. The number of para-hydroxylation sites is 1. The third kappa shape index (κ3) is 7.63. The minimum atomic E-state index is -4.36. The Kier molecular flexibility index (Phi) is 10.6. The van der Waals surface area contributed by atoms with Crippen molar-refractivity contribution in [3.05, 3.63) is 96.1 Å². The highest BCUT2D eigenvalue weighted by molar-refractivity contribution is 7.92. The molecular formula is C29H33F2N3O4S. The van der Waals surface area contributed by atoms with E-state index in [1.807, 2.05) is 6.92 Å². The highest BCUT2D eigenvalue weighted by atomic mass is 32.2. The lowest BCUT2D eigenvalue weighted by Crippen LogP contribution is -2.52. The van der Waals surface area contributed by atoms with Gasteiger partial charge in [-0.3, -0.25) is 13.9 Å². The molecule has 3 aromatic rings. The van der Waals surface area contributed by atoms with Crippen LogP contribution in [0.25, 0.3) is 0 Å². The van der Waals surface area contributed by atoms with Gasteiger partial charge >= 0.3 is 0 Å². The number of rotatable bonds is 13. The lowest BCUT2D eigenvalue weighted by molar-refractivity contribution is -0.140. The molecule has 1 unspecified atom stereocenters. The zero-order chi connectivity index (χ0) is 28.4. The third-order valence-corrected chi connectivity index (χ3v) is 7.99. The summed E-state index contributed by atoms with van der Waals surface area (Å²) < 4.78 is 56.5. The van der Waals surface area contributed by atoms with Gasteiger partial charge in [0.15, 0.2) is 0 Å². The Morgan fingerprint density at radius 3 is 2.15 bits per heavy atom. The van der Waals surface area contributed by atoms with Crippen LogP contribution in [-0.4, -0.2) is 44.3 Å². The molecular weight excluding hydrogens is 524 g/mol. The average molecular weight is 558 g/mol. The van der Waals surface area contributed by atoms with Crippen LogP contribution < -0.4 is 9.62 Å². The van der Waals surface area contributed by atoms with Gasteiger partial charge in [0.2, 0.25) is 11.8 Å². The van der Waals surface area contributed by atoms with Crippen LogP contribution in [0.2, 0.25) is 0 Å². The highest BCUT2D eigenvalue weighted by Crippen LogP contribution is 2.27. The van der Waals surface area contributed by atoms with Crippen LogP contribution in [0.1, 0.15) is 38.7 Å². The summed E-state index contributed by atoms with van der Waals surface area (Å²) in [6.45, 7) is 3.32. The third-order valence-electron chi connectivity index (χ3n) is 6.21. The number of benzene rings is 3. The van der Waals surface area contributed by atoms with Gasteiger partial charge in [0.05, 0.1) is 10.6 Å². The molecule has 2 amide bonds. The Morgan fingerprint density at radius 2 is 1.54 bits per heavy atom. The number of sulfonamides is 1. The van der Waals surface area contributed by atoms with Gasteiger partial charge in [-0.25, -0.2) is 17.2 Å². The second kappa shape index (κ2) is 13.8. The number of unbranched alkanes of at least 4 members (excludes halogenated alkanes) is 1. The number of carbonyl (C=O) groups excluding carboxylic acids is 2. The zero-order valence-electron chi connectivity index (χ0n) is 22.0. The fourth-order valence-corrected chi connectivity index (χ4v) is 5.54. The number of hydrogen-bond acceptors (Lipinski definition) is 4. The number of anilines is 1. The summed E-state index contributed by atoms with van der Waals surface area (Å²) in [4.78, 5) is 28.1. The number of nitrogens with one attached hydrogen (secondary N) is 1. The number of nitrogens with zero attached hydrogens (tertiary/aromatic N) is 2. The van der Waals surface area contributed by atoms with Crippen molar-refractivity contribution in [3.63, 3.8) is 0 Å². The Bertz CT molecular complexity index is 1350. The van der Waals surface area contributed by atoms with Crippen molar-refractivity contribution < 1.29 is 26.8 Å². The predicted molar refractivity (Wildman–Crippen MR) is 146 cm³/mol. The van der Waals surface area contributed by atoms with Crippen molar-refractivity contribution >= 4 is 27.5 Å². The molecule has 39 heavy (non-hydrogen) atoms. The molecule has 0 aromatic heterocycles. The van der Waals surface area contributed by atoms with Crippen LogP contribution >= 0.6 is 0 Å². The first-order valence-corrected chi connectivity index (χ1v) is 14.3. The molecule has 0 bridgehead atoms. The molecule has 1 atom stereocenters. The molecule has 0 radical (unpaired) electrons. The van der Waals surface area contributed by atoms with E-state index in [1.54, 1.807) is 13.0 Å². The lowest BCUT2D eigenvalue weighted by Gasteiger charge is -2.33. The zero-order valence-corrected chi connectivity index (χ0v) is 22.8. The standard InChI is InChI=1S/C29H33F2N3O4S/c1-3-5-19-32-29(36)26(4-2)33(20-22-15-17-23(30)18-16-22)28(35)21-34(27-14-10-9-13-25(27)31)39(37,38)24-11-7-6-8-12-24/h6-18,26H,3-5,19-21H2,1-2H3,(H,32,36). The van der Waals surface area contributed by atoms with Crippen molar-refractivity contribution in [1.29, 1.82) is 0 Å². The Morgan fingerprint density at radius 1 is 0.897 bits per heavy atom. The molecule has 0 aliphatic rings. The molecule has 0 aliphatic heterocycles. The van der Waals surface area contributed by atoms with E-state index in [0.717, 1.165) is 23.2 Å². The summed E-state index contributed by atoms with van der Waals surface area (Å²) in [6, 6.07) is 17.3. The van der Waals surface area contributed by atoms with Gasteiger partial charge in [-0.1, -0.05) is 62.7 Å². The largest absolute Gasteiger partial charge is 0.354 e. The van der Waals surface area contributed by atoms with Crippen LogP contribution in [0.5, 0.6) is 0 Å². The lowest BCUT2D eigenvalue weighted by atomic mass is 10.1. The Hall–Kier alpha value is -3.79. The summed E-state index contributed by atoms with van der Waals surface area (Å²) >= 11 is 0. The first kappa shape index (κ1) is 29.8. The van der Waals surface area contributed by atoms with Crippen molar-refractivity contribution in [2.24, 2.45) is 0 Å². The molecule has 0 saturated heterocycles. The van der Waals surface area contributed by atoms with E-state index in [-0.39, 0.29) is 29.5 Å². The topological polar surface area (TPSA) is 86.8 Å². The minimum Gasteiger partial charge on any atom is -0.354 e. The molecule has 10 heteroatoms. The monoisotopic (exact) mass is 557 g/mol. The summed E-state index contributed by atoms with van der Waals surface area (Å²) in [5, 5.41) is 2.83. The fourth-order valence-electron chi connectivity index (χ4n) is 4.10. The second-order valence-corrected chi connectivity index (χ2v) is 10.9. The van der Waals surface area contributed by atoms with Gasteiger partial charge in [0.25, 0.3) is 10.0 Å². The normalized spacial score (nSPS) is 12.0. The van der Waals surface area contributed by atoms with E-state index >= 15 is 0 Å². The molecule has 0 heterocycles. The average Bonchev–Trinajstić information content (AvgIpc) is 2.93. The first-order chi connectivity index (χ1) is 18.7. The maximum atomic E-state index is 14.9. The van der Waals surface area contributed by atoms with Gasteiger partial charge < -0.3 is 10.2 Å². The van der Waals surface area contributed by atoms with E-state index in [2.05, 4.69) is 5.32 Å². The molecule has 3 rings (SSSR count). The molecule has 7 nitrogen and oxygen atoms in total. The quantitative estimate of drug-likeness (QED) is 0.304. The first-order valence-electron chi connectivity index (χ1n) is 12.8. The Balaban J connectivity index is 2.03. The van der Waals surface area contributed by atoms with E-state index < -0.39 is 40.2 Å². The molecule has 208 valence electrons. The van der Waals surface area contributed by atoms with Crippen molar-refractivity contribution in [3.8, 4) is 0 Å². The van der Waals surface area contributed by atoms with Gasteiger partial charge in [0, 0.05) is 13.1 Å². The number of hydrogen-bond donors (Lipinski definition) is 1. The van der Waals surface area contributed by atoms with Crippen molar-refractivity contribution in [2.75, 3.05) is 17.4 Å². The van der Waals surface area contributed by atoms with E-state index in [9.17, 15) is 26.8 Å². The van der Waals surface area contributed by atoms with Gasteiger partial charge in [-0.2, -0.15) is 0 Å². The van der Waals surface area contributed by atoms with Crippen molar-refractivity contribution in [2.45, 2.75) is 50.6 Å². The summed E-state index contributed by atoms with van der Waals surface area (Å²) in [7, 11) is -4.36.